The van der Waals surface area contributed by atoms with Gasteiger partial charge in [-0.1, -0.05) is 26.8 Å². The lowest BCUT2D eigenvalue weighted by atomic mass is 10.2. The van der Waals surface area contributed by atoms with Crippen molar-refractivity contribution in [1.82, 2.24) is 0 Å². The molecular formula is C13H21NO2. The smallest absolute Gasteiger partial charge is 0.146 e. The fraction of sp³-hybridized carbons (Fsp3) is 0.538. The second kappa shape index (κ2) is 6.26. The molecule has 0 aliphatic rings. The number of nitrogens with two attached hydrogens (primary N) is 1. The van der Waals surface area contributed by atoms with Gasteiger partial charge in [0.1, 0.15) is 17.2 Å². The summed E-state index contributed by atoms with van der Waals surface area (Å²) in [5, 5.41) is 0. The van der Waals surface area contributed by atoms with E-state index in [1.165, 1.54) is 0 Å². The second-order valence-corrected chi connectivity index (χ2v) is 4.22. The quantitative estimate of drug-likeness (QED) is 0.754. The lowest BCUT2D eigenvalue weighted by Gasteiger charge is -2.14. The third kappa shape index (κ3) is 3.65. The number of benzene rings is 1. The van der Waals surface area contributed by atoms with Crippen molar-refractivity contribution in [3.63, 3.8) is 0 Å². The fourth-order valence-electron chi connectivity index (χ4n) is 1.24. The molecule has 0 saturated heterocycles. The van der Waals surface area contributed by atoms with E-state index in [2.05, 4.69) is 20.8 Å². The van der Waals surface area contributed by atoms with Crippen LogP contribution in [-0.4, -0.2) is 13.2 Å². The van der Waals surface area contributed by atoms with Gasteiger partial charge in [0.2, 0.25) is 0 Å². The molecule has 0 aliphatic heterocycles. The minimum Gasteiger partial charge on any atom is -0.491 e. The van der Waals surface area contributed by atoms with Gasteiger partial charge in [0.05, 0.1) is 13.2 Å². The maximum absolute atomic E-state index is 5.96. The van der Waals surface area contributed by atoms with E-state index in [0.29, 0.717) is 36.3 Å². The Morgan fingerprint density at radius 3 is 2.38 bits per heavy atom. The summed E-state index contributed by atoms with van der Waals surface area (Å²) >= 11 is 0. The molecule has 0 aliphatic carbocycles. The molecule has 0 heterocycles. The first-order valence-corrected chi connectivity index (χ1v) is 5.79. The van der Waals surface area contributed by atoms with Crippen molar-refractivity contribution in [3.8, 4) is 11.5 Å². The first-order chi connectivity index (χ1) is 7.65. The summed E-state index contributed by atoms with van der Waals surface area (Å²) in [4.78, 5) is 0. The van der Waals surface area contributed by atoms with Crippen LogP contribution in [0.25, 0.3) is 0 Å². The van der Waals surface area contributed by atoms with E-state index in [4.69, 9.17) is 15.2 Å². The molecule has 0 radical (unpaired) electrons. The highest BCUT2D eigenvalue weighted by molar-refractivity contribution is 5.62. The van der Waals surface area contributed by atoms with Crippen LogP contribution in [0.4, 0.5) is 5.69 Å². The molecule has 3 heteroatoms. The van der Waals surface area contributed by atoms with Gasteiger partial charge < -0.3 is 15.2 Å². The molecular weight excluding hydrogens is 202 g/mol. The van der Waals surface area contributed by atoms with Crippen molar-refractivity contribution in [2.45, 2.75) is 27.2 Å². The molecule has 1 aromatic rings. The molecule has 2 N–H and O–H groups in total. The number of hydrogen-bond donors (Lipinski definition) is 1. The molecule has 90 valence electrons. The van der Waals surface area contributed by atoms with Crippen LogP contribution in [0, 0.1) is 5.92 Å². The summed E-state index contributed by atoms with van der Waals surface area (Å²) in [6, 6.07) is 5.64. The minimum absolute atomic E-state index is 0.486. The normalized spacial score (nSPS) is 10.5. The first-order valence-electron chi connectivity index (χ1n) is 5.79. The summed E-state index contributed by atoms with van der Waals surface area (Å²) in [6.45, 7) is 7.62. The molecule has 3 nitrogen and oxygen atoms in total. The van der Waals surface area contributed by atoms with E-state index < -0.39 is 0 Å². The molecule has 0 bridgehead atoms. The molecule has 0 saturated carbocycles. The predicted octanol–water partition coefficient (Wildman–Crippen LogP) is 3.09. The molecule has 0 atom stereocenters. The van der Waals surface area contributed by atoms with E-state index in [0.717, 1.165) is 6.42 Å². The van der Waals surface area contributed by atoms with E-state index in [1.54, 1.807) is 0 Å². The molecule has 0 fully saturated rings. The highest BCUT2D eigenvalue weighted by Gasteiger charge is 2.07. The van der Waals surface area contributed by atoms with E-state index in [1.807, 2.05) is 18.2 Å². The Kier molecular flexibility index (Phi) is 4.96. The zero-order valence-corrected chi connectivity index (χ0v) is 10.3. The lowest BCUT2D eigenvalue weighted by Crippen LogP contribution is -2.07. The fourth-order valence-corrected chi connectivity index (χ4v) is 1.24. The van der Waals surface area contributed by atoms with Gasteiger partial charge in [0.25, 0.3) is 0 Å². The maximum atomic E-state index is 5.96. The third-order valence-electron chi connectivity index (χ3n) is 2.06. The Balaban J connectivity index is 2.70. The van der Waals surface area contributed by atoms with Crippen LogP contribution in [0.15, 0.2) is 18.2 Å². The number of hydrogen-bond acceptors (Lipinski definition) is 3. The summed E-state index contributed by atoms with van der Waals surface area (Å²) in [5.41, 5.74) is 6.55. The van der Waals surface area contributed by atoms with Gasteiger partial charge >= 0.3 is 0 Å². The van der Waals surface area contributed by atoms with Crippen LogP contribution in [0.2, 0.25) is 0 Å². The number of anilines is 1. The number of ether oxygens (including phenoxy) is 2. The predicted molar refractivity (Wildman–Crippen MR) is 67.0 cm³/mol. The summed E-state index contributed by atoms with van der Waals surface area (Å²) in [6.07, 6.45) is 0.969. The van der Waals surface area contributed by atoms with Gasteiger partial charge in [-0.2, -0.15) is 0 Å². The molecule has 0 amide bonds. The van der Waals surface area contributed by atoms with Gasteiger partial charge in [-0.15, -0.1) is 0 Å². The first kappa shape index (κ1) is 12.7. The van der Waals surface area contributed by atoms with Crippen molar-refractivity contribution in [3.05, 3.63) is 18.2 Å². The van der Waals surface area contributed by atoms with Crippen molar-refractivity contribution in [2.24, 2.45) is 5.92 Å². The van der Waals surface area contributed by atoms with E-state index >= 15 is 0 Å². The summed E-state index contributed by atoms with van der Waals surface area (Å²) < 4.78 is 11.1. The monoisotopic (exact) mass is 223 g/mol. The standard InChI is InChI=1S/C13H21NO2/c1-4-8-15-11-6-5-7-12(13(11)14)16-9-10(2)3/h5-7,10H,4,8-9,14H2,1-3H3. The van der Waals surface area contributed by atoms with E-state index in [-0.39, 0.29) is 0 Å². The number of para-hydroxylation sites is 1. The van der Waals surface area contributed by atoms with Crippen LogP contribution in [0.5, 0.6) is 11.5 Å². The Morgan fingerprint density at radius 1 is 1.19 bits per heavy atom. The van der Waals surface area contributed by atoms with E-state index in [9.17, 15) is 0 Å². The zero-order valence-electron chi connectivity index (χ0n) is 10.3. The number of nitrogen functional groups attached to an aromatic ring is 1. The average Bonchev–Trinajstić information content (AvgIpc) is 2.26. The van der Waals surface area contributed by atoms with Gasteiger partial charge in [-0.05, 0) is 24.5 Å². The van der Waals surface area contributed by atoms with Crippen molar-refractivity contribution in [2.75, 3.05) is 18.9 Å². The summed E-state index contributed by atoms with van der Waals surface area (Å²) in [7, 11) is 0. The van der Waals surface area contributed by atoms with Crippen molar-refractivity contribution in [1.29, 1.82) is 0 Å². The Morgan fingerprint density at radius 2 is 1.81 bits per heavy atom. The van der Waals surface area contributed by atoms with Crippen LogP contribution >= 0.6 is 0 Å². The maximum Gasteiger partial charge on any atom is 0.146 e. The highest BCUT2D eigenvalue weighted by atomic mass is 16.5. The Bertz CT molecular complexity index is 324. The average molecular weight is 223 g/mol. The lowest BCUT2D eigenvalue weighted by molar-refractivity contribution is 0.269. The van der Waals surface area contributed by atoms with Gasteiger partial charge in [-0.3, -0.25) is 0 Å². The second-order valence-electron chi connectivity index (χ2n) is 4.22. The Hall–Kier alpha value is -1.38. The Labute approximate surface area is 97.6 Å². The molecule has 0 unspecified atom stereocenters. The molecule has 0 spiro atoms. The highest BCUT2D eigenvalue weighted by Crippen LogP contribution is 2.31. The van der Waals surface area contributed by atoms with Crippen LogP contribution in [-0.2, 0) is 0 Å². The minimum atomic E-state index is 0.486. The topological polar surface area (TPSA) is 44.5 Å². The number of rotatable bonds is 6. The molecule has 0 aromatic heterocycles. The SMILES string of the molecule is CCCOc1cccc(OCC(C)C)c1N. The molecule has 1 rings (SSSR count). The van der Waals surface area contributed by atoms with Gasteiger partial charge in [0, 0.05) is 0 Å². The van der Waals surface area contributed by atoms with Crippen molar-refractivity contribution >= 4 is 5.69 Å². The summed E-state index contributed by atoms with van der Waals surface area (Å²) in [5.74, 6) is 1.91. The molecule has 16 heavy (non-hydrogen) atoms. The largest absolute Gasteiger partial charge is 0.491 e. The van der Waals surface area contributed by atoms with Crippen LogP contribution < -0.4 is 15.2 Å². The van der Waals surface area contributed by atoms with Crippen molar-refractivity contribution < 1.29 is 9.47 Å². The molecule has 1 aromatic carbocycles. The zero-order chi connectivity index (χ0) is 12.0. The van der Waals surface area contributed by atoms with Crippen LogP contribution in [0.3, 0.4) is 0 Å². The third-order valence-corrected chi connectivity index (χ3v) is 2.06. The van der Waals surface area contributed by atoms with Gasteiger partial charge in [0.15, 0.2) is 0 Å². The van der Waals surface area contributed by atoms with Crippen LogP contribution in [0.1, 0.15) is 27.2 Å². The van der Waals surface area contributed by atoms with Gasteiger partial charge in [-0.25, -0.2) is 0 Å².